The van der Waals surface area contributed by atoms with Crippen molar-refractivity contribution in [3.05, 3.63) is 82.8 Å². The molecule has 3 aliphatic rings. The van der Waals surface area contributed by atoms with E-state index in [4.69, 9.17) is 21.1 Å². The van der Waals surface area contributed by atoms with E-state index in [2.05, 4.69) is 10.6 Å². The zero-order valence-electron chi connectivity index (χ0n) is 19.2. The molecule has 0 spiro atoms. The fourth-order valence-electron chi connectivity index (χ4n) is 4.64. The minimum Gasteiger partial charge on any atom is -0.484 e. The van der Waals surface area contributed by atoms with Gasteiger partial charge in [0.2, 0.25) is 0 Å². The van der Waals surface area contributed by atoms with Crippen LogP contribution >= 0.6 is 11.6 Å². The minimum atomic E-state index is -0.872. The van der Waals surface area contributed by atoms with Crippen molar-refractivity contribution in [3.8, 4) is 11.5 Å². The predicted octanol–water partition coefficient (Wildman–Crippen LogP) is 3.87. The number of rotatable bonds is 8. The molecule has 1 atom stereocenters. The third-order valence-electron chi connectivity index (χ3n) is 6.55. The lowest BCUT2D eigenvalue weighted by molar-refractivity contribution is -0.129. The molecule has 3 N–H and O–H groups in total. The molecule has 2 bridgehead atoms. The first-order valence-corrected chi connectivity index (χ1v) is 11.9. The smallest absolute Gasteiger partial charge is 0.262 e. The van der Waals surface area contributed by atoms with E-state index in [1.807, 2.05) is 42.5 Å². The highest BCUT2D eigenvalue weighted by atomic mass is 35.5. The molecule has 3 aromatic rings. The molecule has 0 radical (unpaired) electrons. The molecule has 1 fully saturated rings. The Bertz CT molecular complexity index is 1370. The number of aliphatic hydroxyl groups excluding tert-OH is 1. The van der Waals surface area contributed by atoms with E-state index in [1.54, 1.807) is 0 Å². The Morgan fingerprint density at radius 1 is 0.972 bits per heavy atom. The van der Waals surface area contributed by atoms with Crippen LogP contribution in [0.5, 0.6) is 11.5 Å². The molecule has 3 aromatic carbocycles. The predicted molar refractivity (Wildman–Crippen MR) is 132 cm³/mol. The second-order valence-electron chi connectivity index (χ2n) is 9.07. The van der Waals surface area contributed by atoms with Crippen molar-refractivity contribution in [3.63, 3.8) is 0 Å². The number of carbonyl (C=O) groups is 2. The molecule has 0 aromatic heterocycles. The number of hydrogen-bond donors (Lipinski definition) is 3. The van der Waals surface area contributed by atoms with Crippen LogP contribution in [0.15, 0.2) is 71.9 Å². The van der Waals surface area contributed by atoms with Gasteiger partial charge in [0.05, 0.1) is 16.7 Å². The number of ether oxygens (including phenoxy) is 2. The quantitative estimate of drug-likeness (QED) is 0.427. The minimum absolute atomic E-state index is 0.0343. The van der Waals surface area contributed by atoms with Gasteiger partial charge in [0.25, 0.3) is 11.8 Å². The zero-order chi connectivity index (χ0) is 25.3. The second-order valence-corrected chi connectivity index (χ2v) is 9.48. The number of fused-ring (bicyclic) bond motifs is 3. The molecule has 6 rings (SSSR count). The molecule has 9 heteroatoms. The van der Waals surface area contributed by atoms with Crippen LogP contribution in [0.2, 0.25) is 5.02 Å². The van der Waals surface area contributed by atoms with Gasteiger partial charge in [-0.15, -0.1) is 0 Å². The summed E-state index contributed by atoms with van der Waals surface area (Å²) in [5.41, 5.74) is 0.843. The van der Waals surface area contributed by atoms with Crippen LogP contribution in [0.4, 0.5) is 4.39 Å². The highest BCUT2D eigenvalue weighted by Crippen LogP contribution is 2.47. The van der Waals surface area contributed by atoms with Crippen LogP contribution < -0.4 is 20.1 Å². The van der Waals surface area contributed by atoms with Crippen LogP contribution in [-0.4, -0.2) is 41.8 Å². The monoisotopic (exact) mass is 510 g/mol. The van der Waals surface area contributed by atoms with E-state index in [0.29, 0.717) is 24.3 Å². The van der Waals surface area contributed by atoms with Crippen molar-refractivity contribution in [2.24, 2.45) is 0 Å². The molecule has 2 amide bonds. The number of amides is 2. The summed E-state index contributed by atoms with van der Waals surface area (Å²) in [5, 5.41) is 18.5. The summed E-state index contributed by atoms with van der Waals surface area (Å²) in [6.45, 7) is -0.486. The topological polar surface area (TPSA) is 96.9 Å². The maximum absolute atomic E-state index is 13.5. The van der Waals surface area contributed by atoms with Gasteiger partial charge in [-0.1, -0.05) is 41.9 Å². The van der Waals surface area contributed by atoms with Crippen LogP contribution in [0.1, 0.15) is 19.3 Å². The van der Waals surface area contributed by atoms with Gasteiger partial charge in [-0.05, 0) is 53.5 Å². The average Bonchev–Trinajstić information content (AvgIpc) is 2.84. The van der Waals surface area contributed by atoms with E-state index in [1.165, 1.54) is 12.1 Å². The fourth-order valence-corrected chi connectivity index (χ4v) is 4.76. The molecular weight excluding hydrogens is 487 g/mol. The summed E-state index contributed by atoms with van der Waals surface area (Å²) in [6, 6.07) is 17.4. The van der Waals surface area contributed by atoms with Crippen LogP contribution in [0.25, 0.3) is 10.8 Å². The standard InChI is InChI=1S/C27H24ClFN2O5/c28-21-8-7-20(10-22(21)29)36-15-26(34)31-27-12-18(13-27)23(11-24(27)32)30-25(33)14-35-19-6-5-16-3-1-2-4-17(16)9-19/h1-10,24,32H,11-15H2,(H,30,33)(H,31,34)/t24-/m0/s1. The first kappa shape index (κ1) is 24.1. The summed E-state index contributed by atoms with van der Waals surface area (Å²) in [5.74, 6) is -0.607. The maximum Gasteiger partial charge on any atom is 0.262 e. The van der Waals surface area contributed by atoms with Gasteiger partial charge in [0.1, 0.15) is 17.3 Å². The SMILES string of the molecule is O=C(COc1ccc2ccccc2c1)NC1=C2CC(NC(=O)COc3ccc(Cl)c(F)c3)(C2)[C@@H](O)C1. The highest BCUT2D eigenvalue weighted by Gasteiger charge is 2.52. The lowest BCUT2D eigenvalue weighted by atomic mass is 9.62. The summed E-state index contributed by atoms with van der Waals surface area (Å²) in [6.07, 6.45) is 0.192. The lowest BCUT2D eigenvalue weighted by Crippen LogP contribution is -2.65. The summed E-state index contributed by atoms with van der Waals surface area (Å²) >= 11 is 5.64. The second kappa shape index (κ2) is 9.79. The van der Waals surface area contributed by atoms with Crippen LogP contribution in [-0.2, 0) is 9.59 Å². The Labute approximate surface area is 211 Å². The van der Waals surface area contributed by atoms with Crippen LogP contribution in [0.3, 0.4) is 0 Å². The number of benzene rings is 3. The van der Waals surface area contributed by atoms with Gasteiger partial charge >= 0.3 is 0 Å². The summed E-state index contributed by atoms with van der Waals surface area (Å²) in [4.78, 5) is 24.9. The fraction of sp³-hybridized carbons (Fsp3) is 0.259. The normalized spacial score (nSPS) is 20.5. The van der Waals surface area contributed by atoms with Gasteiger partial charge in [-0.3, -0.25) is 9.59 Å². The molecule has 1 saturated carbocycles. The Balaban J connectivity index is 1.12. The molecule has 36 heavy (non-hydrogen) atoms. The molecule has 3 aliphatic carbocycles. The Morgan fingerprint density at radius 3 is 2.36 bits per heavy atom. The summed E-state index contributed by atoms with van der Waals surface area (Å²) < 4.78 is 24.5. The lowest BCUT2D eigenvalue weighted by Gasteiger charge is -2.52. The molecule has 0 unspecified atom stereocenters. The maximum atomic E-state index is 13.5. The van der Waals surface area contributed by atoms with Crippen molar-refractivity contribution in [2.45, 2.75) is 30.9 Å². The average molecular weight is 511 g/mol. The first-order valence-electron chi connectivity index (χ1n) is 11.5. The number of nitrogens with one attached hydrogen (secondary N) is 2. The third-order valence-corrected chi connectivity index (χ3v) is 6.86. The van der Waals surface area contributed by atoms with Gasteiger partial charge in [0, 0.05) is 18.2 Å². The van der Waals surface area contributed by atoms with E-state index >= 15 is 0 Å². The van der Waals surface area contributed by atoms with Gasteiger partial charge in [0.15, 0.2) is 13.2 Å². The molecule has 0 aliphatic heterocycles. The van der Waals surface area contributed by atoms with Gasteiger partial charge in [-0.2, -0.15) is 0 Å². The third kappa shape index (κ3) is 5.01. The zero-order valence-corrected chi connectivity index (χ0v) is 20.0. The molecule has 7 nitrogen and oxygen atoms in total. The van der Waals surface area contributed by atoms with E-state index in [9.17, 15) is 19.1 Å². The number of hydrogen-bond acceptors (Lipinski definition) is 5. The van der Waals surface area contributed by atoms with Crippen molar-refractivity contribution in [2.75, 3.05) is 13.2 Å². The van der Waals surface area contributed by atoms with E-state index in [0.717, 1.165) is 22.4 Å². The molecule has 0 saturated heterocycles. The van der Waals surface area contributed by atoms with Gasteiger partial charge < -0.3 is 25.2 Å². The summed E-state index contributed by atoms with van der Waals surface area (Å²) in [7, 11) is 0. The number of halogens is 2. The molecule has 186 valence electrons. The van der Waals surface area contributed by atoms with E-state index in [-0.39, 0.29) is 36.3 Å². The van der Waals surface area contributed by atoms with Crippen molar-refractivity contribution >= 4 is 34.2 Å². The molecule has 0 heterocycles. The van der Waals surface area contributed by atoms with Crippen molar-refractivity contribution in [1.29, 1.82) is 0 Å². The van der Waals surface area contributed by atoms with E-state index < -0.39 is 23.4 Å². The first-order chi connectivity index (χ1) is 17.3. The number of aliphatic hydroxyl groups is 1. The number of carbonyl (C=O) groups excluding carboxylic acids is 2. The highest BCUT2D eigenvalue weighted by molar-refractivity contribution is 6.30. The molecular formula is C27H24ClFN2O5. The van der Waals surface area contributed by atoms with Crippen LogP contribution in [0, 0.1) is 5.82 Å². The Hall–Kier alpha value is -3.62. The van der Waals surface area contributed by atoms with Crippen molar-refractivity contribution < 1.29 is 28.6 Å². The van der Waals surface area contributed by atoms with Crippen molar-refractivity contribution in [1.82, 2.24) is 10.6 Å². The largest absolute Gasteiger partial charge is 0.484 e. The Kier molecular flexibility index (Phi) is 6.55. The Morgan fingerprint density at radius 2 is 1.64 bits per heavy atom. The van der Waals surface area contributed by atoms with Gasteiger partial charge in [-0.25, -0.2) is 4.39 Å².